The van der Waals surface area contributed by atoms with Gasteiger partial charge in [0.05, 0.1) is 12.3 Å². The van der Waals surface area contributed by atoms with Gasteiger partial charge in [-0.2, -0.15) is 11.3 Å². The van der Waals surface area contributed by atoms with Crippen molar-refractivity contribution >= 4 is 39.5 Å². The summed E-state index contributed by atoms with van der Waals surface area (Å²) < 4.78 is 5.23. The number of rotatable bonds is 6. The van der Waals surface area contributed by atoms with E-state index in [4.69, 9.17) is 4.42 Å². The molecule has 4 aromatic heterocycles. The highest BCUT2D eigenvalue weighted by Gasteiger charge is 2.23. The summed E-state index contributed by atoms with van der Waals surface area (Å²) in [6.45, 7) is 5.92. The van der Waals surface area contributed by atoms with E-state index in [1.807, 2.05) is 32.2 Å². The zero-order valence-electron chi connectivity index (χ0n) is 16.2. The standard InChI is InChI=1S/C21H20N4O2S2/c1-12-9-13(2)23-21(22-12)24-18(15-6-8-28-11-15)16-10-14(3)29-20(16)25-19(26)17-5-4-7-27-17/h4-11,18H,1-3H3,(H,25,26)(H,22,23,24). The molecular weight excluding hydrogens is 404 g/mol. The number of nitrogens with one attached hydrogen (secondary N) is 2. The fraction of sp³-hybridized carbons (Fsp3) is 0.190. The van der Waals surface area contributed by atoms with Crippen LogP contribution in [0.25, 0.3) is 0 Å². The van der Waals surface area contributed by atoms with E-state index in [0.29, 0.717) is 5.95 Å². The average molecular weight is 425 g/mol. The molecule has 4 heterocycles. The van der Waals surface area contributed by atoms with Gasteiger partial charge in [0, 0.05) is 21.8 Å². The molecule has 0 fully saturated rings. The highest BCUT2D eigenvalue weighted by atomic mass is 32.1. The van der Waals surface area contributed by atoms with Crippen molar-refractivity contribution in [1.82, 2.24) is 9.97 Å². The SMILES string of the molecule is Cc1cc(C)nc(NC(c2ccsc2)c2cc(C)sc2NC(=O)c2ccco2)n1. The Labute approximate surface area is 176 Å². The third-order valence-electron chi connectivity index (χ3n) is 4.30. The summed E-state index contributed by atoms with van der Waals surface area (Å²) in [5.74, 6) is 0.565. The third-order valence-corrected chi connectivity index (χ3v) is 5.98. The monoisotopic (exact) mass is 424 g/mol. The molecule has 8 heteroatoms. The van der Waals surface area contributed by atoms with Crippen LogP contribution in [-0.4, -0.2) is 15.9 Å². The van der Waals surface area contributed by atoms with E-state index in [-0.39, 0.29) is 17.7 Å². The van der Waals surface area contributed by atoms with E-state index in [2.05, 4.69) is 38.1 Å². The van der Waals surface area contributed by atoms with Gasteiger partial charge in [0.25, 0.3) is 5.91 Å². The van der Waals surface area contributed by atoms with E-state index in [1.54, 1.807) is 23.5 Å². The molecule has 0 bridgehead atoms. The quantitative estimate of drug-likeness (QED) is 0.423. The first kappa shape index (κ1) is 19.4. The Hall–Kier alpha value is -2.97. The van der Waals surface area contributed by atoms with Gasteiger partial charge in [-0.25, -0.2) is 9.97 Å². The highest BCUT2D eigenvalue weighted by molar-refractivity contribution is 7.16. The summed E-state index contributed by atoms with van der Waals surface area (Å²) in [5.41, 5.74) is 3.85. The van der Waals surface area contributed by atoms with Crippen molar-refractivity contribution in [2.45, 2.75) is 26.8 Å². The first-order valence-electron chi connectivity index (χ1n) is 9.05. The predicted octanol–water partition coefficient (Wildman–Crippen LogP) is 5.57. The normalized spacial score (nSPS) is 12.0. The number of carbonyl (C=O) groups excluding carboxylic acids is 1. The average Bonchev–Trinajstić information content (AvgIpc) is 3.41. The van der Waals surface area contributed by atoms with Gasteiger partial charge in [-0.3, -0.25) is 4.79 Å². The van der Waals surface area contributed by atoms with Gasteiger partial charge in [-0.05, 0) is 67.4 Å². The zero-order chi connectivity index (χ0) is 20.4. The first-order chi connectivity index (χ1) is 14.0. The summed E-state index contributed by atoms with van der Waals surface area (Å²) in [6, 6.07) is 9.24. The lowest BCUT2D eigenvalue weighted by Crippen LogP contribution is -2.17. The fourth-order valence-corrected chi connectivity index (χ4v) is 4.75. The molecule has 4 rings (SSSR count). The molecule has 2 N–H and O–H groups in total. The summed E-state index contributed by atoms with van der Waals surface area (Å²) in [5, 5.41) is 11.3. The van der Waals surface area contributed by atoms with Crippen LogP contribution >= 0.6 is 22.7 Å². The summed E-state index contributed by atoms with van der Waals surface area (Å²) in [6.07, 6.45) is 1.49. The lowest BCUT2D eigenvalue weighted by Gasteiger charge is -2.19. The third kappa shape index (κ3) is 4.38. The summed E-state index contributed by atoms with van der Waals surface area (Å²) >= 11 is 3.16. The molecule has 0 radical (unpaired) electrons. The Kier molecular flexibility index (Phi) is 5.46. The topological polar surface area (TPSA) is 80.0 Å². The maximum absolute atomic E-state index is 12.6. The fourth-order valence-electron chi connectivity index (χ4n) is 3.12. The lowest BCUT2D eigenvalue weighted by molar-refractivity contribution is 0.0997. The second-order valence-corrected chi connectivity index (χ2v) is 8.72. The Balaban J connectivity index is 1.71. The van der Waals surface area contributed by atoms with E-state index in [0.717, 1.165) is 32.4 Å². The van der Waals surface area contributed by atoms with Gasteiger partial charge in [-0.15, -0.1) is 11.3 Å². The van der Waals surface area contributed by atoms with Crippen molar-refractivity contribution in [3.05, 3.63) is 80.5 Å². The molecule has 0 saturated carbocycles. The maximum Gasteiger partial charge on any atom is 0.291 e. The number of thiophene rings is 2. The van der Waals surface area contributed by atoms with Crippen molar-refractivity contribution in [3.63, 3.8) is 0 Å². The van der Waals surface area contributed by atoms with Gasteiger partial charge in [0.2, 0.25) is 5.95 Å². The summed E-state index contributed by atoms with van der Waals surface area (Å²) in [7, 11) is 0. The molecule has 0 saturated heterocycles. The number of nitrogens with zero attached hydrogens (tertiary/aromatic N) is 2. The second kappa shape index (κ2) is 8.18. The van der Waals surface area contributed by atoms with Gasteiger partial charge in [-0.1, -0.05) is 0 Å². The van der Waals surface area contributed by atoms with Crippen LogP contribution in [0.4, 0.5) is 10.9 Å². The van der Waals surface area contributed by atoms with Crippen molar-refractivity contribution in [3.8, 4) is 0 Å². The van der Waals surface area contributed by atoms with Crippen LogP contribution in [0.2, 0.25) is 0 Å². The van der Waals surface area contributed by atoms with Crippen LogP contribution < -0.4 is 10.6 Å². The maximum atomic E-state index is 12.6. The number of aromatic nitrogens is 2. The molecule has 148 valence electrons. The number of hydrogen-bond donors (Lipinski definition) is 2. The van der Waals surface area contributed by atoms with Crippen molar-refractivity contribution in [1.29, 1.82) is 0 Å². The molecule has 0 aliphatic heterocycles. The lowest BCUT2D eigenvalue weighted by atomic mass is 10.0. The molecule has 0 aliphatic carbocycles. The molecule has 0 aromatic carbocycles. The van der Waals surface area contributed by atoms with Crippen LogP contribution in [-0.2, 0) is 0 Å². The molecular formula is C21H20N4O2S2. The van der Waals surface area contributed by atoms with E-state index < -0.39 is 0 Å². The van der Waals surface area contributed by atoms with E-state index >= 15 is 0 Å². The molecule has 0 spiro atoms. The Bertz CT molecular complexity index is 1100. The molecule has 1 amide bonds. The number of furan rings is 1. The van der Waals surface area contributed by atoms with Crippen LogP contribution in [0.3, 0.4) is 0 Å². The van der Waals surface area contributed by atoms with Crippen LogP contribution in [0.1, 0.15) is 44.0 Å². The second-order valence-electron chi connectivity index (χ2n) is 6.68. The Morgan fingerprint density at radius 3 is 2.59 bits per heavy atom. The van der Waals surface area contributed by atoms with Crippen molar-refractivity contribution in [2.75, 3.05) is 10.6 Å². The molecule has 1 unspecified atom stereocenters. The molecule has 29 heavy (non-hydrogen) atoms. The van der Waals surface area contributed by atoms with Gasteiger partial charge in [0.15, 0.2) is 5.76 Å². The number of aryl methyl sites for hydroxylation is 3. The Morgan fingerprint density at radius 1 is 1.14 bits per heavy atom. The largest absolute Gasteiger partial charge is 0.459 e. The van der Waals surface area contributed by atoms with Crippen LogP contribution in [0, 0.1) is 20.8 Å². The highest BCUT2D eigenvalue weighted by Crippen LogP contribution is 2.38. The van der Waals surface area contributed by atoms with Crippen LogP contribution in [0.15, 0.2) is 51.8 Å². The minimum absolute atomic E-state index is 0.195. The smallest absolute Gasteiger partial charge is 0.291 e. The first-order valence-corrected chi connectivity index (χ1v) is 10.8. The number of amides is 1. The number of hydrogen-bond acceptors (Lipinski definition) is 7. The van der Waals surface area contributed by atoms with Gasteiger partial charge >= 0.3 is 0 Å². The Morgan fingerprint density at radius 2 is 1.93 bits per heavy atom. The van der Waals surface area contributed by atoms with Gasteiger partial charge < -0.3 is 15.1 Å². The van der Waals surface area contributed by atoms with E-state index in [9.17, 15) is 4.79 Å². The molecule has 1 atom stereocenters. The minimum Gasteiger partial charge on any atom is -0.459 e. The minimum atomic E-state index is -0.273. The van der Waals surface area contributed by atoms with Gasteiger partial charge in [0.1, 0.15) is 5.00 Å². The molecule has 6 nitrogen and oxygen atoms in total. The number of carbonyl (C=O) groups is 1. The van der Waals surface area contributed by atoms with Crippen molar-refractivity contribution < 1.29 is 9.21 Å². The van der Waals surface area contributed by atoms with E-state index in [1.165, 1.54) is 17.6 Å². The molecule has 4 aromatic rings. The van der Waals surface area contributed by atoms with Crippen molar-refractivity contribution in [2.24, 2.45) is 0 Å². The predicted molar refractivity (Wildman–Crippen MR) is 117 cm³/mol. The molecule has 0 aliphatic rings. The zero-order valence-corrected chi connectivity index (χ0v) is 17.9. The summed E-state index contributed by atoms with van der Waals surface area (Å²) in [4.78, 5) is 22.7. The number of anilines is 2. The van der Waals surface area contributed by atoms with Crippen LogP contribution in [0.5, 0.6) is 0 Å².